The highest BCUT2D eigenvalue weighted by Gasteiger charge is 2.15. The quantitative estimate of drug-likeness (QED) is 0.544. The predicted molar refractivity (Wildman–Crippen MR) is 31.6 cm³/mol. The zero-order valence-corrected chi connectivity index (χ0v) is 5.50. The number of carbonyl (C=O) groups is 1. The van der Waals surface area contributed by atoms with E-state index in [4.69, 9.17) is 10.5 Å². The number of hydrogen-bond acceptors (Lipinski definition) is 4. The number of carbonyl (C=O) groups excluding carboxylic acids is 1. The molecular formula is C6H6N2O2. The number of rotatable bonds is 3. The van der Waals surface area contributed by atoms with Gasteiger partial charge in [-0.15, -0.1) is 0 Å². The first-order valence-corrected chi connectivity index (χ1v) is 2.57. The van der Waals surface area contributed by atoms with Crippen molar-refractivity contribution in [2.45, 2.75) is 0 Å². The van der Waals surface area contributed by atoms with Crippen LogP contribution in [0.25, 0.3) is 0 Å². The molecular weight excluding hydrogens is 132 g/mol. The van der Waals surface area contributed by atoms with E-state index in [9.17, 15) is 4.79 Å². The third-order valence-corrected chi connectivity index (χ3v) is 0.867. The summed E-state index contributed by atoms with van der Waals surface area (Å²) in [6, 6.07) is 3.09. The van der Waals surface area contributed by atoms with Crippen molar-refractivity contribution in [3.05, 3.63) is 0 Å². The van der Waals surface area contributed by atoms with Crippen LogP contribution in [0.1, 0.15) is 0 Å². The van der Waals surface area contributed by atoms with Crippen LogP contribution in [0.3, 0.4) is 0 Å². The van der Waals surface area contributed by atoms with E-state index in [1.54, 1.807) is 12.1 Å². The van der Waals surface area contributed by atoms with Crippen LogP contribution in [0.4, 0.5) is 0 Å². The highest BCUT2D eigenvalue weighted by atomic mass is 16.5. The van der Waals surface area contributed by atoms with E-state index >= 15 is 0 Å². The Morgan fingerprint density at radius 2 is 2.10 bits per heavy atom. The second-order valence-electron chi connectivity index (χ2n) is 1.59. The minimum absolute atomic E-state index is 0.175. The fourth-order valence-corrected chi connectivity index (χ4v) is 0.398. The molecule has 0 fully saturated rings. The van der Waals surface area contributed by atoms with Crippen LogP contribution in [-0.4, -0.2) is 19.5 Å². The van der Waals surface area contributed by atoms with Crippen LogP contribution < -0.4 is 0 Å². The van der Waals surface area contributed by atoms with Gasteiger partial charge in [0.25, 0.3) is 0 Å². The predicted octanol–water partition coefficient (Wildman–Crippen LogP) is -0.135. The monoisotopic (exact) mass is 138 g/mol. The molecule has 0 rings (SSSR count). The number of ether oxygens (including phenoxy) is 1. The summed E-state index contributed by atoms with van der Waals surface area (Å²) in [5.41, 5.74) is 0. The molecule has 4 nitrogen and oxygen atoms in total. The molecule has 0 saturated heterocycles. The second kappa shape index (κ2) is 4.49. The molecule has 4 heteroatoms. The van der Waals surface area contributed by atoms with Gasteiger partial charge >= 0.3 is 0 Å². The normalized spacial score (nSPS) is 8.40. The minimum atomic E-state index is -1.18. The average Bonchev–Trinajstić information content (AvgIpc) is 1.91. The molecule has 0 aliphatic rings. The van der Waals surface area contributed by atoms with Crippen LogP contribution in [0.5, 0.6) is 0 Å². The van der Waals surface area contributed by atoms with Crippen molar-refractivity contribution in [1.82, 2.24) is 0 Å². The van der Waals surface area contributed by atoms with Gasteiger partial charge in [-0.05, 0) is 0 Å². The first-order valence-electron chi connectivity index (χ1n) is 2.57. The van der Waals surface area contributed by atoms with Crippen molar-refractivity contribution in [3.63, 3.8) is 0 Å². The van der Waals surface area contributed by atoms with Gasteiger partial charge in [-0.1, -0.05) is 0 Å². The average molecular weight is 138 g/mol. The van der Waals surface area contributed by atoms with Crippen LogP contribution in [0, 0.1) is 28.6 Å². The molecule has 0 aromatic carbocycles. The standard InChI is InChI=1S/C6H6N2O2/c1-10-4-6(9)5(2-7)3-8/h5H,4H2,1H3. The number of methoxy groups -OCH3 is 1. The molecule has 0 N–H and O–H groups in total. The second-order valence-corrected chi connectivity index (χ2v) is 1.59. The Kier molecular flexibility index (Phi) is 3.86. The van der Waals surface area contributed by atoms with Crippen molar-refractivity contribution in [2.24, 2.45) is 5.92 Å². The van der Waals surface area contributed by atoms with E-state index in [2.05, 4.69) is 4.74 Å². The lowest BCUT2D eigenvalue weighted by atomic mass is 10.1. The number of ketones is 1. The van der Waals surface area contributed by atoms with E-state index in [0.29, 0.717) is 0 Å². The van der Waals surface area contributed by atoms with Gasteiger partial charge in [0.05, 0.1) is 12.1 Å². The molecule has 0 heterocycles. The van der Waals surface area contributed by atoms with Crippen LogP contribution in [0.15, 0.2) is 0 Å². The van der Waals surface area contributed by atoms with Crippen molar-refractivity contribution in [2.75, 3.05) is 13.7 Å². The van der Waals surface area contributed by atoms with Crippen molar-refractivity contribution in [3.8, 4) is 12.1 Å². The van der Waals surface area contributed by atoms with E-state index in [1.165, 1.54) is 7.11 Å². The summed E-state index contributed by atoms with van der Waals surface area (Å²) in [6.07, 6.45) is 0. The van der Waals surface area contributed by atoms with Gasteiger partial charge in [-0.25, -0.2) is 0 Å². The van der Waals surface area contributed by atoms with Crippen LogP contribution >= 0.6 is 0 Å². The molecule has 0 aliphatic carbocycles. The molecule has 0 saturated carbocycles. The van der Waals surface area contributed by atoms with Gasteiger partial charge in [-0.3, -0.25) is 4.79 Å². The molecule has 0 aromatic heterocycles. The lowest BCUT2D eigenvalue weighted by molar-refractivity contribution is -0.123. The maximum absolute atomic E-state index is 10.6. The minimum Gasteiger partial charge on any atom is -0.377 e. The summed E-state index contributed by atoms with van der Waals surface area (Å²) in [4.78, 5) is 10.6. The van der Waals surface area contributed by atoms with Gasteiger partial charge < -0.3 is 4.74 Å². The summed E-state index contributed by atoms with van der Waals surface area (Å²) in [7, 11) is 1.34. The molecule has 0 aliphatic heterocycles. The largest absolute Gasteiger partial charge is 0.377 e. The Morgan fingerprint density at radius 3 is 2.40 bits per heavy atom. The Balaban J connectivity index is 3.96. The number of nitrogens with zero attached hydrogens (tertiary/aromatic N) is 2. The molecule has 52 valence electrons. The highest BCUT2D eigenvalue weighted by molar-refractivity contribution is 5.86. The third-order valence-electron chi connectivity index (χ3n) is 0.867. The highest BCUT2D eigenvalue weighted by Crippen LogP contribution is 1.93. The Bertz CT molecular complexity index is 185. The zero-order valence-electron chi connectivity index (χ0n) is 5.50. The maximum atomic E-state index is 10.6. The molecule has 0 amide bonds. The van der Waals surface area contributed by atoms with E-state index in [-0.39, 0.29) is 6.61 Å². The smallest absolute Gasteiger partial charge is 0.193 e. The lowest BCUT2D eigenvalue weighted by Gasteiger charge is -1.95. The zero-order chi connectivity index (χ0) is 7.98. The molecule has 0 unspecified atom stereocenters. The van der Waals surface area contributed by atoms with Crippen LogP contribution in [0.2, 0.25) is 0 Å². The van der Waals surface area contributed by atoms with Gasteiger partial charge in [0.15, 0.2) is 11.7 Å². The summed E-state index contributed by atoms with van der Waals surface area (Å²) in [5, 5.41) is 16.3. The number of Topliss-reactive ketones (excluding diaryl/α,β-unsaturated/α-hetero) is 1. The first-order chi connectivity index (χ1) is 4.76. The molecule has 0 radical (unpaired) electrons. The van der Waals surface area contributed by atoms with Gasteiger partial charge in [0, 0.05) is 7.11 Å². The summed E-state index contributed by atoms with van der Waals surface area (Å²) < 4.78 is 4.44. The fourth-order valence-electron chi connectivity index (χ4n) is 0.398. The topological polar surface area (TPSA) is 73.9 Å². The molecule has 0 spiro atoms. The van der Waals surface area contributed by atoms with Gasteiger partial charge in [0.1, 0.15) is 6.61 Å². The third kappa shape index (κ3) is 2.25. The summed E-state index contributed by atoms with van der Waals surface area (Å²) in [5.74, 6) is -1.67. The van der Waals surface area contributed by atoms with E-state index in [1.807, 2.05) is 0 Å². The van der Waals surface area contributed by atoms with Crippen molar-refractivity contribution >= 4 is 5.78 Å². The molecule has 0 atom stereocenters. The Hall–Kier alpha value is -1.39. The van der Waals surface area contributed by atoms with Crippen LogP contribution in [-0.2, 0) is 9.53 Å². The van der Waals surface area contributed by atoms with E-state index < -0.39 is 11.7 Å². The Morgan fingerprint density at radius 1 is 1.60 bits per heavy atom. The molecule has 0 bridgehead atoms. The first kappa shape index (κ1) is 8.61. The van der Waals surface area contributed by atoms with E-state index in [0.717, 1.165) is 0 Å². The lowest BCUT2D eigenvalue weighted by Crippen LogP contribution is -2.15. The maximum Gasteiger partial charge on any atom is 0.193 e. The fraction of sp³-hybridized carbons (Fsp3) is 0.500. The summed E-state index contributed by atoms with van der Waals surface area (Å²) >= 11 is 0. The number of nitriles is 2. The van der Waals surface area contributed by atoms with Crippen molar-refractivity contribution in [1.29, 1.82) is 10.5 Å². The SMILES string of the molecule is COCC(=O)C(C#N)C#N. The molecule has 10 heavy (non-hydrogen) atoms. The Labute approximate surface area is 58.6 Å². The van der Waals surface area contributed by atoms with Gasteiger partial charge in [0.2, 0.25) is 0 Å². The molecule has 0 aromatic rings. The van der Waals surface area contributed by atoms with Gasteiger partial charge in [-0.2, -0.15) is 10.5 Å². The van der Waals surface area contributed by atoms with Crippen molar-refractivity contribution < 1.29 is 9.53 Å². The number of hydrogen-bond donors (Lipinski definition) is 0. The summed E-state index contributed by atoms with van der Waals surface area (Å²) in [6.45, 7) is -0.175.